The summed E-state index contributed by atoms with van der Waals surface area (Å²) >= 11 is 10.3. The maximum absolute atomic E-state index is 11.6. The Labute approximate surface area is 146 Å². The minimum absolute atomic E-state index is 0.124. The zero-order chi connectivity index (χ0) is 18.0. The summed E-state index contributed by atoms with van der Waals surface area (Å²) in [6.07, 6.45) is 0.368. The molecule has 10 heteroatoms. The Morgan fingerprint density at radius 1 is 1.17 bits per heavy atom. The average Bonchev–Trinajstić information content (AvgIpc) is 2.54. The number of non-ortho nitro benzene ring substituents is 1. The minimum atomic E-state index is -0.795. The molecule has 1 amide bonds. The van der Waals surface area contributed by atoms with Gasteiger partial charge < -0.3 is 0 Å². The normalized spacial score (nSPS) is 10.3. The van der Waals surface area contributed by atoms with E-state index in [9.17, 15) is 25.0 Å². The molecule has 2 rings (SSSR count). The molecule has 0 atom stereocenters. The van der Waals surface area contributed by atoms with E-state index >= 15 is 0 Å². The number of aryl methyl sites for hydroxylation is 1. The van der Waals surface area contributed by atoms with Crippen LogP contribution in [0.4, 0.5) is 22.7 Å². The van der Waals surface area contributed by atoms with Gasteiger partial charge >= 0.3 is 0 Å². The second-order valence-corrected chi connectivity index (χ2v) is 5.58. The summed E-state index contributed by atoms with van der Waals surface area (Å²) in [4.78, 5) is 33.4. The summed E-state index contributed by atoms with van der Waals surface area (Å²) in [6.45, 7) is 1.68. The zero-order valence-electron chi connectivity index (χ0n) is 12.2. The van der Waals surface area contributed by atoms with Crippen LogP contribution >= 0.6 is 24.2 Å². The molecule has 0 spiro atoms. The number of rotatable bonds is 5. The molecule has 0 aliphatic heterocycles. The number of hydrogen-bond donors (Lipinski definition) is 1. The number of nitro groups is 2. The third kappa shape index (κ3) is 3.17. The molecular weight excluding hydrogens is 358 g/mol. The van der Waals surface area contributed by atoms with E-state index in [-0.39, 0.29) is 21.3 Å². The van der Waals surface area contributed by atoms with Gasteiger partial charge in [-0.25, -0.2) is 0 Å². The number of carbonyl (C=O) groups is 1. The Kier molecular flexibility index (Phi) is 5.05. The molecule has 0 N–H and O–H groups in total. The van der Waals surface area contributed by atoms with Gasteiger partial charge in [0.2, 0.25) is 6.41 Å². The third-order valence-electron chi connectivity index (χ3n) is 3.28. The van der Waals surface area contributed by atoms with Crippen molar-refractivity contribution >= 4 is 53.4 Å². The summed E-state index contributed by atoms with van der Waals surface area (Å²) in [7, 11) is 0. The quantitative estimate of drug-likeness (QED) is 0.371. The van der Waals surface area contributed by atoms with Crippen molar-refractivity contribution in [3.63, 3.8) is 0 Å². The molecule has 2 aromatic carbocycles. The molecule has 0 aliphatic carbocycles. The lowest BCUT2D eigenvalue weighted by Gasteiger charge is -2.22. The molecule has 0 saturated heterocycles. The van der Waals surface area contributed by atoms with Crippen molar-refractivity contribution in [1.82, 2.24) is 0 Å². The maximum Gasteiger partial charge on any atom is 0.300 e. The van der Waals surface area contributed by atoms with E-state index in [1.54, 1.807) is 19.1 Å². The van der Waals surface area contributed by atoms with Crippen LogP contribution in [0.1, 0.15) is 5.56 Å². The molecule has 124 valence electrons. The van der Waals surface area contributed by atoms with Crippen molar-refractivity contribution < 1.29 is 14.6 Å². The van der Waals surface area contributed by atoms with Gasteiger partial charge in [-0.3, -0.25) is 29.9 Å². The van der Waals surface area contributed by atoms with Gasteiger partial charge in [-0.1, -0.05) is 17.7 Å². The molecule has 0 fully saturated rings. The van der Waals surface area contributed by atoms with E-state index in [2.05, 4.69) is 12.6 Å². The summed E-state index contributed by atoms with van der Waals surface area (Å²) in [6, 6.07) is 6.22. The van der Waals surface area contributed by atoms with Crippen LogP contribution in [0.2, 0.25) is 5.02 Å². The molecule has 0 unspecified atom stereocenters. The van der Waals surface area contributed by atoms with E-state index in [0.717, 1.165) is 23.1 Å². The number of carbonyl (C=O) groups excluding carboxylic acids is 1. The van der Waals surface area contributed by atoms with Gasteiger partial charge in [-0.2, -0.15) is 0 Å². The van der Waals surface area contributed by atoms with Crippen LogP contribution in [-0.2, 0) is 4.79 Å². The van der Waals surface area contributed by atoms with Crippen LogP contribution in [0.15, 0.2) is 35.2 Å². The van der Waals surface area contributed by atoms with E-state index in [1.165, 1.54) is 0 Å². The zero-order valence-corrected chi connectivity index (χ0v) is 13.8. The lowest BCUT2D eigenvalue weighted by molar-refractivity contribution is -0.393. The molecule has 0 bridgehead atoms. The lowest BCUT2D eigenvalue weighted by Crippen LogP contribution is -2.17. The molecule has 0 aromatic heterocycles. The van der Waals surface area contributed by atoms with Crippen LogP contribution in [-0.4, -0.2) is 16.3 Å². The van der Waals surface area contributed by atoms with Crippen molar-refractivity contribution in [3.05, 3.63) is 61.1 Å². The molecular formula is C14H10ClN3O5S. The first-order valence-electron chi connectivity index (χ1n) is 6.43. The topological polar surface area (TPSA) is 107 Å². The Hall–Kier alpha value is -2.65. The molecule has 2 aromatic rings. The number of nitrogens with zero attached hydrogens (tertiary/aromatic N) is 3. The van der Waals surface area contributed by atoms with E-state index < -0.39 is 21.2 Å². The molecule has 0 aliphatic rings. The van der Waals surface area contributed by atoms with E-state index in [0.29, 0.717) is 12.0 Å². The predicted molar refractivity (Wildman–Crippen MR) is 91.4 cm³/mol. The third-order valence-corrected chi connectivity index (χ3v) is 4.18. The summed E-state index contributed by atoms with van der Waals surface area (Å²) in [5.74, 6) is 0. The van der Waals surface area contributed by atoms with Crippen molar-refractivity contribution in [2.24, 2.45) is 0 Å². The number of hydrogen-bond acceptors (Lipinski definition) is 6. The van der Waals surface area contributed by atoms with Crippen LogP contribution in [0.5, 0.6) is 0 Å². The van der Waals surface area contributed by atoms with Gasteiger partial charge in [0.15, 0.2) is 0 Å². The molecule has 8 nitrogen and oxygen atoms in total. The highest BCUT2D eigenvalue weighted by Gasteiger charge is 2.26. The molecule has 0 saturated carbocycles. The Bertz CT molecular complexity index is 859. The highest BCUT2D eigenvalue weighted by molar-refractivity contribution is 7.80. The van der Waals surface area contributed by atoms with Gasteiger partial charge in [-0.15, -0.1) is 12.6 Å². The van der Waals surface area contributed by atoms with Crippen LogP contribution in [0.3, 0.4) is 0 Å². The molecule has 0 heterocycles. The Morgan fingerprint density at radius 2 is 1.83 bits per heavy atom. The van der Waals surface area contributed by atoms with E-state index in [4.69, 9.17) is 11.6 Å². The second-order valence-electron chi connectivity index (χ2n) is 4.72. The fourth-order valence-electron chi connectivity index (χ4n) is 2.17. The Balaban J connectivity index is 2.73. The smallest absolute Gasteiger partial charge is 0.278 e. The number of benzene rings is 2. The second kappa shape index (κ2) is 6.85. The maximum atomic E-state index is 11.6. The first-order chi connectivity index (χ1) is 11.3. The van der Waals surface area contributed by atoms with Gasteiger partial charge in [0.05, 0.1) is 26.6 Å². The van der Waals surface area contributed by atoms with Crippen LogP contribution < -0.4 is 4.90 Å². The van der Waals surface area contributed by atoms with Gasteiger partial charge in [0, 0.05) is 11.0 Å². The van der Waals surface area contributed by atoms with Gasteiger partial charge in [0.1, 0.15) is 5.69 Å². The monoisotopic (exact) mass is 367 g/mol. The van der Waals surface area contributed by atoms with Crippen molar-refractivity contribution in [1.29, 1.82) is 0 Å². The highest BCUT2D eigenvalue weighted by Crippen LogP contribution is 2.41. The number of amides is 1. The average molecular weight is 368 g/mol. The van der Waals surface area contributed by atoms with Crippen LogP contribution in [0, 0.1) is 27.2 Å². The molecule has 0 radical (unpaired) electrons. The highest BCUT2D eigenvalue weighted by atomic mass is 35.5. The number of anilines is 2. The predicted octanol–water partition coefficient (Wildman–Crippen LogP) is 4.05. The fraction of sp³-hybridized carbons (Fsp3) is 0.0714. The standard InChI is InChI=1S/C14H10ClN3O5S/c1-8-2-4-10(15)14(24)13(8)16(7-19)11-5-3-9(17(20)21)6-12(11)18(22)23/h2-7,24H,1H3. The van der Waals surface area contributed by atoms with Crippen molar-refractivity contribution in [2.45, 2.75) is 11.8 Å². The number of halogens is 1. The summed E-state index contributed by atoms with van der Waals surface area (Å²) in [5.41, 5.74) is -0.295. The summed E-state index contributed by atoms with van der Waals surface area (Å²) in [5, 5.41) is 22.4. The van der Waals surface area contributed by atoms with Gasteiger partial charge in [-0.05, 0) is 24.6 Å². The first-order valence-corrected chi connectivity index (χ1v) is 7.26. The lowest BCUT2D eigenvalue weighted by atomic mass is 10.1. The van der Waals surface area contributed by atoms with E-state index in [1.807, 2.05) is 0 Å². The van der Waals surface area contributed by atoms with Crippen LogP contribution in [0.25, 0.3) is 0 Å². The SMILES string of the molecule is Cc1ccc(Cl)c(S)c1N(C=O)c1ccc([N+](=O)[O-])cc1[N+](=O)[O-]. The molecule has 24 heavy (non-hydrogen) atoms. The Morgan fingerprint density at radius 3 is 2.38 bits per heavy atom. The van der Waals surface area contributed by atoms with Gasteiger partial charge in [0.25, 0.3) is 11.4 Å². The van der Waals surface area contributed by atoms with Crippen molar-refractivity contribution in [3.8, 4) is 0 Å². The largest absolute Gasteiger partial charge is 0.300 e. The number of thiol groups is 1. The number of nitro benzene ring substituents is 2. The van der Waals surface area contributed by atoms with Crippen molar-refractivity contribution in [2.75, 3.05) is 4.90 Å². The first kappa shape index (κ1) is 17.7. The summed E-state index contributed by atoms with van der Waals surface area (Å²) < 4.78 is 0. The minimum Gasteiger partial charge on any atom is -0.278 e. The fourth-order valence-corrected chi connectivity index (χ4v) is 2.68.